The summed E-state index contributed by atoms with van der Waals surface area (Å²) >= 11 is 0. The molecule has 21 heavy (non-hydrogen) atoms. The Balaban J connectivity index is 1.91. The van der Waals surface area contributed by atoms with Gasteiger partial charge in [0.1, 0.15) is 11.1 Å². The number of morpholine rings is 1. The van der Waals surface area contributed by atoms with Crippen LogP contribution >= 0.6 is 0 Å². The van der Waals surface area contributed by atoms with E-state index in [1.165, 1.54) is 0 Å². The molecule has 106 valence electrons. The van der Waals surface area contributed by atoms with E-state index in [1.807, 2.05) is 62.5 Å². The molecule has 2 aliphatic rings. The normalized spacial score (nSPS) is 37.0. The second-order valence-electron chi connectivity index (χ2n) is 5.96. The van der Waals surface area contributed by atoms with Crippen molar-refractivity contribution in [1.82, 2.24) is 4.90 Å². The van der Waals surface area contributed by atoms with Gasteiger partial charge in [0.25, 0.3) is 0 Å². The molecule has 0 bridgehead atoms. The number of carbonyl (C=O) groups is 1. The van der Waals surface area contributed by atoms with Gasteiger partial charge in [0.05, 0.1) is 0 Å². The number of esters is 1. The van der Waals surface area contributed by atoms with E-state index < -0.39 is 11.1 Å². The second kappa shape index (κ2) is 3.95. The van der Waals surface area contributed by atoms with Crippen molar-refractivity contribution in [2.24, 2.45) is 0 Å². The number of fused-ring (bicyclic) bond motifs is 1. The fraction of sp³-hybridized carbons (Fsp3) is 0.278. The minimum Gasteiger partial charge on any atom is -0.454 e. The number of likely N-dealkylation sites (N-methyl/N-ethyl adjacent to an activating group) is 1. The van der Waals surface area contributed by atoms with Crippen molar-refractivity contribution in [2.75, 3.05) is 7.05 Å². The Bertz CT molecular complexity index is 700. The number of benzene rings is 2. The van der Waals surface area contributed by atoms with E-state index in [0.29, 0.717) is 0 Å². The van der Waals surface area contributed by atoms with Crippen LogP contribution in [0, 0.1) is 0 Å². The summed E-state index contributed by atoms with van der Waals surface area (Å²) in [5.74, 6) is -0.136. The van der Waals surface area contributed by atoms with E-state index in [4.69, 9.17) is 4.74 Å². The third-order valence-electron chi connectivity index (χ3n) is 5.21. The molecule has 1 unspecified atom stereocenters. The van der Waals surface area contributed by atoms with Crippen LogP contribution in [0.15, 0.2) is 60.7 Å². The first-order chi connectivity index (χ1) is 10.1. The molecular formula is C18H17NO2. The highest BCUT2D eigenvalue weighted by Gasteiger charge is 2.84. The number of cyclic esters (lactones) is 1. The maximum absolute atomic E-state index is 12.4. The molecule has 0 saturated carbocycles. The molecule has 0 N–H and O–H groups in total. The number of nitrogens with zero attached hydrogens (tertiary/aromatic N) is 1. The first-order valence-corrected chi connectivity index (χ1v) is 7.19. The lowest BCUT2D eigenvalue weighted by molar-refractivity contribution is -0.149. The molecule has 3 heteroatoms. The van der Waals surface area contributed by atoms with Crippen molar-refractivity contribution in [3.8, 4) is 0 Å². The lowest BCUT2D eigenvalue weighted by Gasteiger charge is -2.24. The Morgan fingerprint density at radius 2 is 1.57 bits per heavy atom. The predicted octanol–water partition coefficient (Wildman–Crippen LogP) is 2.88. The molecule has 2 aromatic rings. The minimum atomic E-state index is -0.575. The van der Waals surface area contributed by atoms with E-state index in [9.17, 15) is 4.79 Å². The van der Waals surface area contributed by atoms with Gasteiger partial charge >= 0.3 is 5.97 Å². The SMILES string of the molecule is CN1[C@]2(c3ccccc3)[C@H](c3ccccc3)OC(=O)[C@]12C. The van der Waals surface area contributed by atoms with Gasteiger partial charge < -0.3 is 4.74 Å². The molecule has 2 aliphatic heterocycles. The molecule has 0 amide bonds. The van der Waals surface area contributed by atoms with Crippen molar-refractivity contribution < 1.29 is 9.53 Å². The Morgan fingerprint density at radius 1 is 1.00 bits per heavy atom. The number of hydrogen-bond donors (Lipinski definition) is 0. The van der Waals surface area contributed by atoms with E-state index in [2.05, 4.69) is 17.0 Å². The minimum absolute atomic E-state index is 0.136. The average Bonchev–Trinajstić information content (AvgIpc) is 2.92. The summed E-state index contributed by atoms with van der Waals surface area (Å²) in [6.45, 7) is 1.98. The molecule has 0 radical (unpaired) electrons. The molecule has 2 heterocycles. The third kappa shape index (κ3) is 1.30. The molecule has 4 atom stereocenters. The Kier molecular flexibility index (Phi) is 2.37. The van der Waals surface area contributed by atoms with Gasteiger partial charge in [-0.15, -0.1) is 0 Å². The van der Waals surface area contributed by atoms with Gasteiger partial charge in [-0.05, 0) is 25.1 Å². The quantitative estimate of drug-likeness (QED) is 0.625. The first-order valence-electron chi connectivity index (χ1n) is 7.19. The van der Waals surface area contributed by atoms with Crippen LogP contribution in [-0.4, -0.2) is 23.5 Å². The number of rotatable bonds is 2. The van der Waals surface area contributed by atoms with Gasteiger partial charge in [0.15, 0.2) is 6.10 Å². The van der Waals surface area contributed by atoms with Crippen molar-refractivity contribution in [3.63, 3.8) is 0 Å². The van der Waals surface area contributed by atoms with Crippen LogP contribution in [0.5, 0.6) is 0 Å². The topological polar surface area (TPSA) is 29.3 Å². The highest BCUT2D eigenvalue weighted by atomic mass is 16.6. The number of hydrogen-bond acceptors (Lipinski definition) is 3. The van der Waals surface area contributed by atoms with Gasteiger partial charge in [0.2, 0.25) is 0 Å². The highest BCUT2D eigenvalue weighted by molar-refractivity contribution is 5.91. The molecule has 0 aromatic heterocycles. The maximum Gasteiger partial charge on any atom is 0.329 e. The summed E-state index contributed by atoms with van der Waals surface area (Å²) in [6.07, 6.45) is -0.261. The lowest BCUT2D eigenvalue weighted by atomic mass is 9.82. The van der Waals surface area contributed by atoms with Gasteiger partial charge in [-0.25, -0.2) is 4.79 Å². The molecule has 2 fully saturated rings. The van der Waals surface area contributed by atoms with Crippen LogP contribution in [0.3, 0.4) is 0 Å². The third-order valence-corrected chi connectivity index (χ3v) is 5.21. The summed E-state index contributed by atoms with van der Waals surface area (Å²) in [5, 5.41) is 0. The van der Waals surface area contributed by atoms with Crippen LogP contribution in [0.4, 0.5) is 0 Å². The molecule has 2 saturated heterocycles. The largest absolute Gasteiger partial charge is 0.454 e. The molecule has 0 aliphatic carbocycles. The van der Waals surface area contributed by atoms with Gasteiger partial charge in [-0.3, -0.25) is 4.90 Å². The van der Waals surface area contributed by atoms with Gasteiger partial charge in [0, 0.05) is 0 Å². The van der Waals surface area contributed by atoms with Crippen molar-refractivity contribution in [3.05, 3.63) is 71.8 Å². The van der Waals surface area contributed by atoms with Gasteiger partial charge in [-0.2, -0.15) is 0 Å². The van der Waals surface area contributed by atoms with Crippen LogP contribution < -0.4 is 0 Å². The van der Waals surface area contributed by atoms with E-state index >= 15 is 0 Å². The van der Waals surface area contributed by atoms with Crippen molar-refractivity contribution in [2.45, 2.75) is 24.1 Å². The lowest BCUT2D eigenvalue weighted by Crippen LogP contribution is -2.24. The second-order valence-corrected chi connectivity index (χ2v) is 5.96. The maximum atomic E-state index is 12.4. The highest BCUT2D eigenvalue weighted by Crippen LogP contribution is 2.69. The summed E-state index contributed by atoms with van der Waals surface area (Å²) < 4.78 is 5.76. The molecule has 2 aromatic carbocycles. The summed E-state index contributed by atoms with van der Waals surface area (Å²) in [7, 11) is 2.00. The van der Waals surface area contributed by atoms with E-state index in [1.54, 1.807) is 0 Å². The first kappa shape index (κ1) is 12.6. The molecule has 0 spiro atoms. The molecular weight excluding hydrogens is 262 g/mol. The summed E-state index contributed by atoms with van der Waals surface area (Å²) in [5.41, 5.74) is 1.21. The van der Waals surface area contributed by atoms with E-state index in [-0.39, 0.29) is 12.1 Å². The van der Waals surface area contributed by atoms with E-state index in [0.717, 1.165) is 11.1 Å². The number of ether oxygens (including phenoxy) is 1. The van der Waals surface area contributed by atoms with Crippen molar-refractivity contribution in [1.29, 1.82) is 0 Å². The van der Waals surface area contributed by atoms with Crippen LogP contribution in [0.1, 0.15) is 24.2 Å². The van der Waals surface area contributed by atoms with Crippen molar-refractivity contribution >= 4 is 5.97 Å². The Morgan fingerprint density at radius 3 is 2.14 bits per heavy atom. The summed E-state index contributed by atoms with van der Waals surface area (Å²) in [6, 6.07) is 20.2. The zero-order valence-electron chi connectivity index (χ0n) is 12.1. The standard InChI is InChI=1S/C18H17NO2/c1-17-16(20)21-15(13-9-5-3-6-10-13)18(17,19(17)2)14-11-7-4-8-12-14/h3-12,15H,1-2H3/t15-,17-,18+,19?/m0/s1. The number of carbonyl (C=O) groups excluding carboxylic acids is 1. The summed E-state index contributed by atoms with van der Waals surface area (Å²) in [4.78, 5) is 14.6. The predicted molar refractivity (Wildman–Crippen MR) is 79.6 cm³/mol. The smallest absolute Gasteiger partial charge is 0.329 e. The van der Waals surface area contributed by atoms with Crippen LogP contribution in [0.2, 0.25) is 0 Å². The average molecular weight is 279 g/mol. The zero-order valence-corrected chi connectivity index (χ0v) is 12.1. The monoisotopic (exact) mass is 279 g/mol. The molecule has 3 nitrogen and oxygen atoms in total. The fourth-order valence-corrected chi connectivity index (χ4v) is 3.95. The Labute approximate surface area is 124 Å². The fourth-order valence-electron chi connectivity index (χ4n) is 3.95. The zero-order chi connectivity index (χ0) is 14.7. The van der Waals surface area contributed by atoms with Crippen LogP contribution in [-0.2, 0) is 15.1 Å². The van der Waals surface area contributed by atoms with Gasteiger partial charge in [-0.1, -0.05) is 60.7 Å². The Hall–Kier alpha value is -2.13. The van der Waals surface area contributed by atoms with Crippen LogP contribution in [0.25, 0.3) is 0 Å². The molecule has 4 rings (SSSR count).